The summed E-state index contributed by atoms with van der Waals surface area (Å²) in [5, 5.41) is 0. The Balaban J connectivity index is 0. The van der Waals surface area contributed by atoms with Crippen LogP contribution in [0, 0.1) is 0 Å². The van der Waals surface area contributed by atoms with Gasteiger partial charge in [0.15, 0.2) is 0 Å². The third kappa shape index (κ3) is 16.6. The molecule has 0 saturated carbocycles. The van der Waals surface area contributed by atoms with Crippen LogP contribution in [0.5, 0.6) is 0 Å². The Morgan fingerprint density at radius 3 is 1.00 bits per heavy atom. The molecule has 3 heteroatoms. The van der Waals surface area contributed by atoms with E-state index in [0.29, 0.717) is 0 Å². The van der Waals surface area contributed by atoms with Crippen LogP contribution in [-0.4, -0.2) is 11.0 Å². The van der Waals surface area contributed by atoms with Gasteiger partial charge >= 0.3 is 0 Å². The van der Waals surface area contributed by atoms with Gasteiger partial charge in [-0.25, -0.2) is 0 Å². The van der Waals surface area contributed by atoms with Gasteiger partial charge in [-0.2, -0.15) is 0 Å². The number of hydrogen-bond acceptors (Lipinski definition) is 1. The van der Waals surface area contributed by atoms with Crippen LogP contribution in [0.3, 0.4) is 0 Å². The van der Waals surface area contributed by atoms with Crippen LogP contribution in [-0.2, 0) is 16.5 Å². The molecule has 0 aromatic carbocycles. The molecule has 0 bridgehead atoms. The van der Waals surface area contributed by atoms with E-state index in [1.165, 1.54) is 0 Å². The van der Waals surface area contributed by atoms with Crippen molar-refractivity contribution in [2.24, 2.45) is 0 Å². The van der Waals surface area contributed by atoms with Gasteiger partial charge in [-0.15, -0.1) is 0 Å². The van der Waals surface area contributed by atoms with Gasteiger partial charge in [-0.3, -0.25) is 0 Å². The first kappa shape index (κ1) is 140. The summed E-state index contributed by atoms with van der Waals surface area (Å²) in [5.41, 5.74) is 0. The average Bonchev–Trinajstić information content (AvgIpc) is 0. The van der Waals surface area contributed by atoms with Crippen molar-refractivity contribution in [1.29, 1.82) is 0 Å². The molecule has 3 N–H and O–H groups in total. The Bertz CT molecular complexity index is 8.00. The van der Waals surface area contributed by atoms with Crippen LogP contribution in [0.15, 0.2) is 0 Å². The molecule has 1 nitrogen and oxygen atoms in total. The Hall–Kier alpha value is 0.670. The normalized spacial score (nSPS) is 0. The minimum atomic E-state index is 0. The van der Waals surface area contributed by atoms with Gasteiger partial charge in [-0.1, -0.05) is 7.43 Å². The summed E-state index contributed by atoms with van der Waals surface area (Å²) in [5.74, 6) is 0. The fourth-order valence-electron chi connectivity index (χ4n) is 0. The van der Waals surface area contributed by atoms with Crippen LogP contribution in [0.1, 0.15) is 7.43 Å². The Morgan fingerprint density at radius 2 is 1.00 bits per heavy atom. The molecule has 0 heterocycles. The molecule has 0 aliphatic rings. The van der Waals surface area contributed by atoms with Crippen molar-refractivity contribution in [1.82, 2.24) is 6.15 Å². The molecule has 0 radical (unpaired) electrons. The maximum Gasteiger partial charge on any atom is 0 e. The van der Waals surface area contributed by atoms with Crippen molar-refractivity contribution in [3.8, 4) is 0 Å². The van der Waals surface area contributed by atoms with Gasteiger partial charge in [0.2, 0.25) is 0 Å². The Kier molecular flexibility index (Phi) is 2040. The molecular formula is CH11NNiSi. The van der Waals surface area contributed by atoms with E-state index < -0.39 is 0 Å². The fourth-order valence-corrected chi connectivity index (χ4v) is 0. The van der Waals surface area contributed by atoms with Gasteiger partial charge in [0.25, 0.3) is 0 Å². The summed E-state index contributed by atoms with van der Waals surface area (Å²) in [4.78, 5) is 0. The third-order valence-corrected chi connectivity index (χ3v) is 0. The number of hydrogen-bond donors (Lipinski definition) is 1. The van der Waals surface area contributed by atoms with E-state index in [2.05, 4.69) is 0 Å². The monoisotopic (exact) mass is 123 g/mol. The molecule has 0 aromatic heterocycles. The molecule has 0 atom stereocenters. The van der Waals surface area contributed by atoms with Crippen molar-refractivity contribution >= 4 is 11.0 Å². The van der Waals surface area contributed by atoms with Crippen LogP contribution < -0.4 is 6.15 Å². The average molecular weight is 124 g/mol. The van der Waals surface area contributed by atoms with Gasteiger partial charge in [0.05, 0.1) is 0 Å². The zero-order valence-corrected chi connectivity index (χ0v) is 2.01. The largest absolute Gasteiger partial charge is 0.344 e. The standard InChI is InChI=1S/CH4.H3N.Ni.H4Si/h1H4;1H3;;1H4. The van der Waals surface area contributed by atoms with Crippen LogP contribution >= 0.6 is 0 Å². The first-order valence-electron chi connectivity index (χ1n) is 0. The molecular weight excluding hydrogens is 113 g/mol. The minimum Gasteiger partial charge on any atom is -0.344 e. The topological polar surface area (TPSA) is 35.0 Å². The summed E-state index contributed by atoms with van der Waals surface area (Å²) >= 11 is 0. The second-order valence-electron chi connectivity index (χ2n) is 0. The molecule has 0 fully saturated rings. The van der Waals surface area contributed by atoms with Gasteiger partial charge in [0, 0.05) is 16.5 Å². The molecule has 0 saturated heterocycles. The minimum absolute atomic E-state index is 0. The first-order chi connectivity index (χ1) is 0. The van der Waals surface area contributed by atoms with E-state index in [0.717, 1.165) is 0 Å². The smallest absolute Gasteiger partial charge is 0 e. The quantitative estimate of drug-likeness (QED) is 0.427. The molecule has 0 aromatic rings. The Labute approximate surface area is 41.7 Å². The number of rotatable bonds is 0. The molecule has 0 amide bonds. The van der Waals surface area contributed by atoms with Gasteiger partial charge < -0.3 is 6.15 Å². The predicted octanol–water partition coefficient (Wildman–Crippen LogP) is -0.656. The fraction of sp³-hybridized carbons (Fsp3) is 1.00. The van der Waals surface area contributed by atoms with Crippen LogP contribution in [0.25, 0.3) is 0 Å². The molecule has 0 aliphatic heterocycles. The van der Waals surface area contributed by atoms with Gasteiger partial charge in [0.1, 0.15) is 0 Å². The van der Waals surface area contributed by atoms with Crippen LogP contribution in [0.2, 0.25) is 0 Å². The van der Waals surface area contributed by atoms with Gasteiger partial charge in [-0.05, 0) is 11.0 Å². The molecule has 0 rings (SSSR count). The SMILES string of the molecule is C.N.[Ni].[SiH4]. The van der Waals surface area contributed by atoms with E-state index in [1.807, 2.05) is 0 Å². The summed E-state index contributed by atoms with van der Waals surface area (Å²) in [6, 6.07) is 0. The van der Waals surface area contributed by atoms with E-state index in [1.54, 1.807) is 0 Å². The van der Waals surface area contributed by atoms with E-state index >= 15 is 0 Å². The predicted molar refractivity (Wildman–Crippen MR) is 23.1 cm³/mol. The molecule has 4 heavy (non-hydrogen) atoms. The molecule has 0 aliphatic carbocycles. The second-order valence-corrected chi connectivity index (χ2v) is 0. The van der Waals surface area contributed by atoms with Crippen molar-refractivity contribution in [2.75, 3.05) is 0 Å². The summed E-state index contributed by atoms with van der Waals surface area (Å²) in [7, 11) is 0. The second kappa shape index (κ2) is 58.2. The van der Waals surface area contributed by atoms with Crippen molar-refractivity contribution in [2.45, 2.75) is 7.43 Å². The van der Waals surface area contributed by atoms with E-state index in [-0.39, 0.29) is 41.0 Å². The molecule has 34 valence electrons. The Morgan fingerprint density at radius 1 is 1.00 bits per heavy atom. The molecule has 0 spiro atoms. The van der Waals surface area contributed by atoms with E-state index in [9.17, 15) is 0 Å². The van der Waals surface area contributed by atoms with Crippen molar-refractivity contribution < 1.29 is 16.5 Å². The zero-order valence-electron chi connectivity index (χ0n) is 1.02. The van der Waals surface area contributed by atoms with Crippen molar-refractivity contribution in [3.05, 3.63) is 0 Å². The summed E-state index contributed by atoms with van der Waals surface area (Å²) in [6.07, 6.45) is 0. The third-order valence-electron chi connectivity index (χ3n) is 0. The van der Waals surface area contributed by atoms with E-state index in [4.69, 9.17) is 0 Å². The first-order valence-corrected chi connectivity index (χ1v) is 0. The summed E-state index contributed by atoms with van der Waals surface area (Å²) in [6.45, 7) is 0. The molecule has 0 unspecified atom stereocenters. The van der Waals surface area contributed by atoms with Crippen molar-refractivity contribution in [3.63, 3.8) is 0 Å². The maximum absolute atomic E-state index is 0. The van der Waals surface area contributed by atoms with Crippen LogP contribution in [0.4, 0.5) is 0 Å². The maximum atomic E-state index is 0. The summed E-state index contributed by atoms with van der Waals surface area (Å²) < 4.78 is 0. The zero-order chi connectivity index (χ0) is 0.